The third kappa shape index (κ3) is 4.21. The molecule has 0 aliphatic carbocycles. The molecule has 0 saturated heterocycles. The van der Waals surface area contributed by atoms with Crippen molar-refractivity contribution in [2.45, 2.75) is 26.9 Å². The van der Waals surface area contributed by atoms with E-state index >= 15 is 0 Å². The molecule has 106 valence electrons. The fourth-order valence-electron chi connectivity index (χ4n) is 1.64. The van der Waals surface area contributed by atoms with Crippen molar-refractivity contribution in [2.75, 3.05) is 20.3 Å². The van der Waals surface area contributed by atoms with Crippen molar-refractivity contribution in [1.29, 1.82) is 0 Å². The molecule has 1 unspecified atom stereocenters. The van der Waals surface area contributed by atoms with Gasteiger partial charge < -0.3 is 14.2 Å². The van der Waals surface area contributed by atoms with Crippen molar-refractivity contribution in [3.8, 4) is 5.75 Å². The van der Waals surface area contributed by atoms with E-state index < -0.39 is 0 Å². The van der Waals surface area contributed by atoms with Crippen molar-refractivity contribution in [2.24, 2.45) is 0 Å². The number of esters is 1. The molecule has 1 atom stereocenters. The average molecular weight is 331 g/mol. The third-order valence-electron chi connectivity index (χ3n) is 2.68. The molecule has 0 aliphatic rings. The van der Waals surface area contributed by atoms with Crippen molar-refractivity contribution in [3.05, 3.63) is 27.7 Å². The Morgan fingerprint density at radius 2 is 2.11 bits per heavy atom. The van der Waals surface area contributed by atoms with Crippen LogP contribution in [0.25, 0.3) is 0 Å². The van der Waals surface area contributed by atoms with E-state index in [2.05, 4.69) is 15.9 Å². The number of hydrogen-bond acceptors (Lipinski definition) is 4. The van der Waals surface area contributed by atoms with Gasteiger partial charge in [0.25, 0.3) is 0 Å². The van der Waals surface area contributed by atoms with E-state index in [0.29, 0.717) is 24.5 Å². The molecule has 0 N–H and O–H groups in total. The van der Waals surface area contributed by atoms with Gasteiger partial charge >= 0.3 is 5.97 Å². The second-order valence-corrected chi connectivity index (χ2v) is 4.91. The molecule has 0 bridgehead atoms. The van der Waals surface area contributed by atoms with E-state index in [-0.39, 0.29) is 12.1 Å². The van der Waals surface area contributed by atoms with Gasteiger partial charge in [-0.2, -0.15) is 0 Å². The van der Waals surface area contributed by atoms with Gasteiger partial charge in [0.15, 0.2) is 0 Å². The first-order valence-electron chi connectivity index (χ1n) is 6.13. The molecule has 0 aliphatic heterocycles. The van der Waals surface area contributed by atoms with E-state index in [4.69, 9.17) is 14.2 Å². The maximum atomic E-state index is 11.5. The molecule has 1 rings (SSSR count). The van der Waals surface area contributed by atoms with Gasteiger partial charge in [0.2, 0.25) is 0 Å². The largest absolute Gasteiger partial charge is 0.490 e. The van der Waals surface area contributed by atoms with Gasteiger partial charge in [0, 0.05) is 6.61 Å². The molecule has 1 aromatic rings. The molecule has 19 heavy (non-hydrogen) atoms. The highest BCUT2D eigenvalue weighted by Gasteiger charge is 2.15. The molecule has 0 spiro atoms. The van der Waals surface area contributed by atoms with Crippen molar-refractivity contribution in [1.82, 2.24) is 0 Å². The normalized spacial score (nSPS) is 12.1. The van der Waals surface area contributed by atoms with E-state index in [1.165, 1.54) is 7.11 Å². The molecule has 0 fully saturated rings. The summed E-state index contributed by atoms with van der Waals surface area (Å²) in [7, 11) is 1.36. The van der Waals surface area contributed by atoms with E-state index in [1.54, 1.807) is 12.1 Å². The molecule has 0 radical (unpaired) electrons. The maximum absolute atomic E-state index is 11.5. The van der Waals surface area contributed by atoms with Gasteiger partial charge in [-0.15, -0.1) is 0 Å². The Labute approximate surface area is 122 Å². The summed E-state index contributed by atoms with van der Waals surface area (Å²) in [6.07, 6.45) is 0.0255. The zero-order valence-electron chi connectivity index (χ0n) is 11.7. The van der Waals surface area contributed by atoms with Crippen LogP contribution in [-0.4, -0.2) is 32.4 Å². The highest BCUT2D eigenvalue weighted by molar-refractivity contribution is 9.10. The standard InChI is InChI=1S/C14H19BrO4/c1-5-18-9(2)8-19-12-7-6-11(14(16)17-4)10(3)13(12)15/h6-7,9H,5,8H2,1-4H3. The summed E-state index contributed by atoms with van der Waals surface area (Å²) in [4.78, 5) is 11.5. The quantitative estimate of drug-likeness (QED) is 0.750. The zero-order valence-corrected chi connectivity index (χ0v) is 13.2. The SMILES string of the molecule is CCOC(C)COc1ccc(C(=O)OC)c(C)c1Br. The Hall–Kier alpha value is -1.07. The molecule has 1 aromatic carbocycles. The Balaban J connectivity index is 2.82. The molecule has 0 aromatic heterocycles. The highest BCUT2D eigenvalue weighted by atomic mass is 79.9. The van der Waals surface area contributed by atoms with Crippen molar-refractivity contribution in [3.63, 3.8) is 0 Å². The number of carbonyl (C=O) groups excluding carboxylic acids is 1. The topological polar surface area (TPSA) is 44.8 Å². The first-order valence-corrected chi connectivity index (χ1v) is 6.92. The van der Waals surface area contributed by atoms with Gasteiger partial charge in [0.1, 0.15) is 12.4 Å². The van der Waals surface area contributed by atoms with Gasteiger partial charge in [-0.25, -0.2) is 4.79 Å². The van der Waals surface area contributed by atoms with Gasteiger partial charge in [0.05, 0.1) is 23.2 Å². The summed E-state index contributed by atoms with van der Waals surface area (Å²) in [5.41, 5.74) is 1.33. The van der Waals surface area contributed by atoms with Crippen LogP contribution in [0.2, 0.25) is 0 Å². The predicted octanol–water partition coefficient (Wildman–Crippen LogP) is 3.35. The molecule has 0 amide bonds. The maximum Gasteiger partial charge on any atom is 0.338 e. The van der Waals surface area contributed by atoms with Crippen molar-refractivity contribution < 1.29 is 19.0 Å². The average Bonchev–Trinajstić information content (AvgIpc) is 2.40. The molecular formula is C14H19BrO4. The Bertz CT molecular complexity index is 445. The summed E-state index contributed by atoms with van der Waals surface area (Å²) in [5, 5.41) is 0. The van der Waals surface area contributed by atoms with Crippen LogP contribution in [0.15, 0.2) is 16.6 Å². The molecular weight excluding hydrogens is 312 g/mol. The number of hydrogen-bond donors (Lipinski definition) is 0. The Morgan fingerprint density at radius 1 is 1.42 bits per heavy atom. The van der Waals surface area contributed by atoms with E-state index in [0.717, 1.165) is 10.0 Å². The third-order valence-corrected chi connectivity index (χ3v) is 3.67. The minimum atomic E-state index is -0.354. The summed E-state index contributed by atoms with van der Waals surface area (Å²) in [5.74, 6) is 0.337. The summed E-state index contributed by atoms with van der Waals surface area (Å²) >= 11 is 3.44. The molecule has 0 heterocycles. The fraction of sp³-hybridized carbons (Fsp3) is 0.500. The predicted molar refractivity (Wildman–Crippen MR) is 76.8 cm³/mol. The van der Waals surface area contributed by atoms with Gasteiger partial charge in [-0.1, -0.05) is 0 Å². The monoisotopic (exact) mass is 330 g/mol. The van der Waals surface area contributed by atoms with Crippen LogP contribution in [0.1, 0.15) is 29.8 Å². The Morgan fingerprint density at radius 3 is 2.68 bits per heavy atom. The van der Waals surface area contributed by atoms with E-state index in [1.807, 2.05) is 20.8 Å². The first kappa shape index (κ1) is 16.0. The van der Waals surface area contributed by atoms with Crippen LogP contribution < -0.4 is 4.74 Å². The first-order chi connectivity index (χ1) is 9.01. The van der Waals surface area contributed by atoms with Crippen LogP contribution in [0.5, 0.6) is 5.75 Å². The molecule has 5 heteroatoms. The minimum absolute atomic E-state index is 0.0255. The summed E-state index contributed by atoms with van der Waals surface area (Å²) < 4.78 is 16.6. The molecule has 4 nitrogen and oxygen atoms in total. The number of benzene rings is 1. The lowest BCUT2D eigenvalue weighted by Crippen LogP contribution is -2.18. The fourth-order valence-corrected chi connectivity index (χ4v) is 2.10. The van der Waals surface area contributed by atoms with Gasteiger partial charge in [-0.3, -0.25) is 0 Å². The van der Waals surface area contributed by atoms with Crippen LogP contribution >= 0.6 is 15.9 Å². The second-order valence-electron chi connectivity index (χ2n) is 4.12. The Kier molecular flexibility index (Phi) is 6.31. The summed E-state index contributed by atoms with van der Waals surface area (Å²) in [6, 6.07) is 3.45. The lowest BCUT2D eigenvalue weighted by atomic mass is 10.1. The minimum Gasteiger partial charge on any atom is -0.490 e. The summed E-state index contributed by atoms with van der Waals surface area (Å²) in [6.45, 7) is 6.86. The molecule has 0 saturated carbocycles. The smallest absolute Gasteiger partial charge is 0.338 e. The van der Waals surface area contributed by atoms with Crippen LogP contribution in [-0.2, 0) is 9.47 Å². The highest BCUT2D eigenvalue weighted by Crippen LogP contribution is 2.31. The van der Waals surface area contributed by atoms with Crippen LogP contribution in [0.3, 0.4) is 0 Å². The second kappa shape index (κ2) is 7.50. The number of halogens is 1. The van der Waals surface area contributed by atoms with E-state index in [9.17, 15) is 4.79 Å². The van der Waals surface area contributed by atoms with Crippen molar-refractivity contribution >= 4 is 21.9 Å². The van der Waals surface area contributed by atoms with Crippen LogP contribution in [0, 0.1) is 6.92 Å². The zero-order chi connectivity index (χ0) is 14.4. The lowest BCUT2D eigenvalue weighted by Gasteiger charge is -2.15. The number of ether oxygens (including phenoxy) is 3. The number of methoxy groups -OCH3 is 1. The lowest BCUT2D eigenvalue weighted by molar-refractivity contribution is 0.0399. The van der Waals surface area contributed by atoms with Crippen LogP contribution in [0.4, 0.5) is 0 Å². The van der Waals surface area contributed by atoms with Gasteiger partial charge in [-0.05, 0) is 54.4 Å². The number of carbonyl (C=O) groups is 1. The number of rotatable bonds is 6.